The number of hydrogen-bond acceptors (Lipinski definition) is 0. The van der Waals surface area contributed by atoms with Gasteiger partial charge in [-0.05, 0) is 200 Å². The fourth-order valence-corrected chi connectivity index (χ4v) is 17.1. The Labute approximate surface area is 561 Å². The molecule has 17 rings (SSSR count). The summed E-state index contributed by atoms with van der Waals surface area (Å²) in [6.07, 6.45) is 2.72. The molecule has 0 amide bonds. The first kappa shape index (κ1) is 58.1. The van der Waals surface area contributed by atoms with Crippen LogP contribution >= 0.6 is 0 Å². The summed E-state index contributed by atoms with van der Waals surface area (Å²) >= 11 is 0. The van der Waals surface area contributed by atoms with Gasteiger partial charge in [-0.25, -0.2) is 0 Å². The Hall–Kier alpha value is -10.8. The van der Waals surface area contributed by atoms with Crippen molar-refractivity contribution in [3.63, 3.8) is 0 Å². The number of benzene rings is 14. The van der Waals surface area contributed by atoms with Crippen molar-refractivity contribution in [3.8, 4) is 100 Å². The lowest BCUT2D eigenvalue weighted by atomic mass is 9.27. The van der Waals surface area contributed by atoms with E-state index in [0.29, 0.717) is 0 Å². The van der Waals surface area contributed by atoms with E-state index >= 15 is 0 Å². The van der Waals surface area contributed by atoms with Crippen LogP contribution < -0.4 is 32.8 Å². The average Bonchev–Trinajstić information content (AvgIpc) is 0.696. The largest absolute Gasteiger partial charge is 0.243 e. The first-order valence-electron chi connectivity index (χ1n) is 34.0. The van der Waals surface area contributed by atoms with Crippen LogP contribution in [0.25, 0.3) is 100 Å². The molecule has 0 fully saturated rings. The summed E-state index contributed by atoms with van der Waals surface area (Å²) in [5.74, 6) is 0. The molecule has 0 N–H and O–H groups in total. The van der Waals surface area contributed by atoms with Crippen molar-refractivity contribution in [3.05, 3.63) is 358 Å². The molecule has 0 nitrogen and oxygen atoms in total. The van der Waals surface area contributed by atoms with E-state index in [4.69, 9.17) is 0 Å². The maximum atomic E-state index is 2.57. The quantitative estimate of drug-likeness (QED) is 0.107. The zero-order valence-corrected chi connectivity index (χ0v) is 55.0. The molecule has 3 aliphatic heterocycles. The summed E-state index contributed by atoms with van der Waals surface area (Å²) in [6, 6.07) is 110. The van der Waals surface area contributed by atoms with Crippen LogP contribution in [0.1, 0.15) is 66.8 Å². The van der Waals surface area contributed by atoms with Crippen molar-refractivity contribution in [2.75, 3.05) is 0 Å². The predicted molar refractivity (Wildman–Crippen MR) is 407 cm³/mol. The molecule has 0 aromatic heterocycles. The van der Waals surface area contributed by atoms with Gasteiger partial charge in [-0.15, -0.1) is 0 Å². The first-order valence-corrected chi connectivity index (χ1v) is 34.0. The molecular weight excluding hydrogens is 1140 g/mol. The topological polar surface area (TPSA) is 0 Å². The smallest absolute Gasteiger partial charge is 0.0629 e. The molecule has 0 saturated heterocycles. The number of rotatable bonds is 12. The second kappa shape index (κ2) is 23.6. The van der Waals surface area contributed by atoms with Crippen molar-refractivity contribution in [1.82, 2.24) is 0 Å². The van der Waals surface area contributed by atoms with Crippen LogP contribution in [0.15, 0.2) is 291 Å². The van der Waals surface area contributed by atoms with Crippen LogP contribution in [0.2, 0.25) is 0 Å². The van der Waals surface area contributed by atoms with E-state index in [2.05, 4.69) is 333 Å². The molecule has 0 aliphatic carbocycles. The Morgan fingerprint density at radius 2 is 0.505 bits per heavy atom. The van der Waals surface area contributed by atoms with E-state index < -0.39 is 0 Å². The third-order valence-corrected chi connectivity index (χ3v) is 21.5. The highest BCUT2D eigenvalue weighted by molar-refractivity contribution is 6.98. The summed E-state index contributed by atoms with van der Waals surface area (Å²) in [5.41, 5.74) is 48.2. The molecule has 450 valence electrons. The second-order valence-corrected chi connectivity index (χ2v) is 27.3. The molecule has 95 heavy (non-hydrogen) atoms. The maximum Gasteiger partial charge on any atom is 0.243 e. The van der Waals surface area contributed by atoms with Gasteiger partial charge >= 0.3 is 0 Å². The van der Waals surface area contributed by atoms with Crippen molar-refractivity contribution < 1.29 is 0 Å². The van der Waals surface area contributed by atoms with Crippen molar-refractivity contribution in [2.45, 2.75) is 60.8 Å². The highest BCUT2D eigenvalue weighted by Crippen LogP contribution is 2.40. The Bertz CT molecular complexity index is 5120. The van der Waals surface area contributed by atoms with Gasteiger partial charge in [0.15, 0.2) is 0 Å². The fraction of sp³-hybridized carbons (Fsp3) is 0.0968. The monoisotopic (exact) mass is 1210 g/mol. The van der Waals surface area contributed by atoms with Gasteiger partial charge in [0.2, 0.25) is 13.4 Å². The van der Waals surface area contributed by atoms with Gasteiger partial charge < -0.3 is 0 Å². The zero-order chi connectivity index (χ0) is 64.0. The highest BCUT2D eigenvalue weighted by atomic mass is 14.3. The van der Waals surface area contributed by atoms with Crippen LogP contribution in [0.5, 0.6) is 0 Å². The van der Waals surface area contributed by atoms with Gasteiger partial charge in [0, 0.05) is 0 Å². The minimum absolute atomic E-state index is 0.0383. The van der Waals surface area contributed by atoms with Gasteiger partial charge in [-0.1, -0.05) is 352 Å². The van der Waals surface area contributed by atoms with Gasteiger partial charge in [0.1, 0.15) is 0 Å². The second-order valence-electron chi connectivity index (χ2n) is 27.3. The lowest BCUT2D eigenvalue weighted by molar-refractivity contribution is 1.10. The lowest BCUT2D eigenvalue weighted by Crippen LogP contribution is -2.65. The minimum atomic E-state index is -0.0383. The predicted octanol–water partition coefficient (Wildman–Crippen LogP) is 19.3. The average molecular weight is 1210 g/mol. The Balaban J connectivity index is 0.818. The molecule has 0 unspecified atom stereocenters. The Kier molecular flexibility index (Phi) is 14.5. The first-order chi connectivity index (χ1) is 46.5. The van der Waals surface area contributed by atoms with Crippen molar-refractivity contribution >= 4 is 46.2 Å². The third-order valence-electron chi connectivity index (χ3n) is 21.5. The highest BCUT2D eigenvalue weighted by Gasteiger charge is 2.44. The molecule has 0 atom stereocenters. The SMILES string of the molecule is Cc1cc(-c2ccc(-c3ccccc3)cc2)cc(C)c1B(c1c(C)cc(-c2ccc(-c3ccccc3)cc2)cc1C)c1c(C)ccc(-c2ccc3c4c2Cc2cc(-c5ccc(-c6ccccc6)cc5)cc5c2B4c2c(cc(-c4ccc(-c6ccccc6)cc4)cc2C3)C5)c1C. The Morgan fingerprint density at radius 1 is 0.221 bits per heavy atom. The molecule has 0 radical (unpaired) electrons. The van der Waals surface area contributed by atoms with Gasteiger partial charge in [0.05, 0.1) is 0 Å². The Morgan fingerprint density at radius 3 is 0.853 bits per heavy atom. The van der Waals surface area contributed by atoms with E-state index in [0.717, 1.165) is 19.3 Å². The molecular formula is C93H72B2. The zero-order valence-electron chi connectivity index (χ0n) is 55.0. The normalized spacial score (nSPS) is 12.4. The number of hydrogen-bond donors (Lipinski definition) is 0. The summed E-state index contributed by atoms with van der Waals surface area (Å²) in [4.78, 5) is 0. The summed E-state index contributed by atoms with van der Waals surface area (Å²) in [5, 5.41) is 0. The molecule has 14 aromatic rings. The van der Waals surface area contributed by atoms with E-state index in [1.54, 1.807) is 16.4 Å². The van der Waals surface area contributed by atoms with Crippen LogP contribution in [0, 0.1) is 41.5 Å². The summed E-state index contributed by atoms with van der Waals surface area (Å²) in [7, 11) is 0. The van der Waals surface area contributed by atoms with E-state index in [9.17, 15) is 0 Å². The molecule has 0 saturated carbocycles. The summed E-state index contributed by atoms with van der Waals surface area (Å²) in [6.45, 7) is 14.4. The third kappa shape index (κ3) is 10.3. The molecule has 2 heteroatoms. The summed E-state index contributed by atoms with van der Waals surface area (Å²) < 4.78 is 0. The maximum absolute atomic E-state index is 2.57. The van der Waals surface area contributed by atoms with Gasteiger partial charge in [0.25, 0.3) is 0 Å². The van der Waals surface area contributed by atoms with Gasteiger partial charge in [-0.2, -0.15) is 0 Å². The van der Waals surface area contributed by atoms with Crippen LogP contribution in [0.3, 0.4) is 0 Å². The van der Waals surface area contributed by atoms with E-state index in [1.807, 2.05) is 0 Å². The van der Waals surface area contributed by atoms with Gasteiger partial charge in [-0.3, -0.25) is 0 Å². The van der Waals surface area contributed by atoms with Crippen molar-refractivity contribution in [2.24, 2.45) is 0 Å². The molecule has 14 aromatic carbocycles. The fourth-order valence-electron chi connectivity index (χ4n) is 17.1. The van der Waals surface area contributed by atoms with Crippen LogP contribution in [-0.2, 0) is 19.3 Å². The van der Waals surface area contributed by atoms with Crippen molar-refractivity contribution in [1.29, 1.82) is 0 Å². The van der Waals surface area contributed by atoms with E-state index in [-0.39, 0.29) is 13.4 Å². The van der Waals surface area contributed by atoms with Crippen LogP contribution in [-0.4, -0.2) is 13.4 Å². The molecule has 0 spiro atoms. The minimum Gasteiger partial charge on any atom is -0.0629 e. The van der Waals surface area contributed by atoms with Crippen LogP contribution in [0.4, 0.5) is 0 Å². The van der Waals surface area contributed by atoms with E-state index in [1.165, 1.54) is 183 Å². The standard InChI is InChI=1S/C93H72B2/c1-58-27-45-85(63(6)90(58)94(88-59(2)47-77(48-60(88)3)72-36-28-68(29-37-72)64-19-11-7-12-20-64)89-61(4)49-78(50-62(89)5)73-38-30-69(31-39-73)65-21-13-8-14-22-65)86-46-44-76-51-81-52-79(74-40-32-70(33-41-74)66-23-15-9-16-24-66)53-82-56-83-54-80(55-84-57-87(86)93(76)95(91(81)82)92(83)84)75-42-34-71(35-43-75)67-25-17-10-18-26-67/h7-50,52-55H,51,56-57H2,1-6H3. The molecule has 3 heterocycles. The lowest BCUT2D eigenvalue weighted by Gasteiger charge is -2.41. The number of aryl methyl sites for hydroxylation is 5. The molecule has 3 aliphatic rings. The molecule has 0 bridgehead atoms.